The molecule has 0 saturated carbocycles. The van der Waals surface area contributed by atoms with Crippen molar-refractivity contribution in [2.75, 3.05) is 0 Å². The summed E-state index contributed by atoms with van der Waals surface area (Å²) in [4.78, 5) is 23.4. The zero-order valence-corrected chi connectivity index (χ0v) is 11.8. The number of ether oxygens (including phenoxy) is 2. The maximum absolute atomic E-state index is 11.7. The summed E-state index contributed by atoms with van der Waals surface area (Å²) in [6.07, 6.45) is 2.17. The molecular formula is C18H14O4. The summed E-state index contributed by atoms with van der Waals surface area (Å²) in [5.41, 5.74) is 2.37. The van der Waals surface area contributed by atoms with Gasteiger partial charge in [0.1, 0.15) is 0 Å². The molecule has 0 spiro atoms. The number of hydrogen-bond acceptors (Lipinski definition) is 4. The minimum absolute atomic E-state index is 0.400. The quantitative estimate of drug-likeness (QED) is 0.619. The third kappa shape index (κ3) is 3.49. The number of carbonyl (C=O) groups is 2. The van der Waals surface area contributed by atoms with Crippen LogP contribution in [0, 0.1) is 0 Å². The molecule has 2 aromatic carbocycles. The molecule has 4 heteroatoms. The SMILES string of the molecule is C=COC(=O)c1cccc(-c2cccc(C(=O)OC=C)c2)c1. The lowest BCUT2D eigenvalue weighted by molar-refractivity contribution is 0.0654. The van der Waals surface area contributed by atoms with Crippen LogP contribution >= 0.6 is 0 Å². The van der Waals surface area contributed by atoms with E-state index < -0.39 is 11.9 Å². The molecule has 0 atom stereocenters. The first-order valence-electron chi connectivity index (χ1n) is 6.50. The summed E-state index contributed by atoms with van der Waals surface area (Å²) >= 11 is 0. The molecule has 0 aliphatic heterocycles. The lowest BCUT2D eigenvalue weighted by Gasteiger charge is -2.06. The second-order valence-electron chi connectivity index (χ2n) is 4.31. The molecule has 22 heavy (non-hydrogen) atoms. The molecule has 2 rings (SSSR count). The van der Waals surface area contributed by atoms with Gasteiger partial charge in [-0.2, -0.15) is 0 Å². The Morgan fingerprint density at radius 3 is 1.55 bits per heavy atom. The molecule has 0 fully saturated rings. The maximum atomic E-state index is 11.7. The van der Waals surface area contributed by atoms with Gasteiger partial charge in [-0.3, -0.25) is 0 Å². The van der Waals surface area contributed by atoms with Crippen LogP contribution in [0.2, 0.25) is 0 Å². The Hall–Kier alpha value is -3.14. The molecule has 0 unspecified atom stereocenters. The molecule has 0 aliphatic rings. The Morgan fingerprint density at radius 1 is 0.773 bits per heavy atom. The fourth-order valence-electron chi connectivity index (χ4n) is 1.94. The third-order valence-corrected chi connectivity index (χ3v) is 2.91. The molecule has 0 saturated heterocycles. The van der Waals surface area contributed by atoms with Crippen LogP contribution in [0.5, 0.6) is 0 Å². The van der Waals surface area contributed by atoms with Crippen molar-refractivity contribution in [3.63, 3.8) is 0 Å². The summed E-state index contributed by atoms with van der Waals surface area (Å²) in [5, 5.41) is 0. The van der Waals surface area contributed by atoms with Gasteiger partial charge < -0.3 is 9.47 Å². The Kier molecular flexibility index (Phi) is 4.88. The standard InChI is InChI=1S/C18H14O4/c1-3-21-17(19)15-9-5-7-13(11-15)14-8-6-10-16(12-14)18(20)22-4-2/h3-12H,1-2H2. The van der Waals surface area contributed by atoms with E-state index in [1.165, 1.54) is 0 Å². The number of rotatable bonds is 5. The third-order valence-electron chi connectivity index (χ3n) is 2.91. The second kappa shape index (κ2) is 7.04. The van der Waals surface area contributed by atoms with E-state index in [2.05, 4.69) is 13.2 Å². The van der Waals surface area contributed by atoms with Crippen molar-refractivity contribution in [1.29, 1.82) is 0 Å². The average molecular weight is 294 g/mol. The van der Waals surface area contributed by atoms with Crippen molar-refractivity contribution in [2.45, 2.75) is 0 Å². The second-order valence-corrected chi connectivity index (χ2v) is 4.31. The van der Waals surface area contributed by atoms with Crippen molar-refractivity contribution in [3.05, 3.63) is 85.3 Å². The van der Waals surface area contributed by atoms with E-state index in [1.807, 2.05) is 12.1 Å². The number of hydrogen-bond donors (Lipinski definition) is 0. The average Bonchev–Trinajstić information content (AvgIpc) is 2.55. The van der Waals surface area contributed by atoms with Crippen molar-refractivity contribution < 1.29 is 19.1 Å². The van der Waals surface area contributed by atoms with Crippen LogP contribution in [0.3, 0.4) is 0 Å². The molecule has 2 aromatic rings. The van der Waals surface area contributed by atoms with Crippen LogP contribution in [0.1, 0.15) is 20.7 Å². The highest BCUT2D eigenvalue weighted by atomic mass is 16.5. The minimum atomic E-state index is -0.487. The van der Waals surface area contributed by atoms with E-state index in [0.717, 1.165) is 23.7 Å². The first-order chi connectivity index (χ1) is 10.7. The van der Waals surface area contributed by atoms with E-state index in [-0.39, 0.29) is 0 Å². The zero-order chi connectivity index (χ0) is 15.9. The Morgan fingerprint density at radius 2 is 1.18 bits per heavy atom. The fraction of sp³-hybridized carbons (Fsp3) is 0. The van der Waals surface area contributed by atoms with Crippen molar-refractivity contribution >= 4 is 11.9 Å². The topological polar surface area (TPSA) is 52.6 Å². The van der Waals surface area contributed by atoms with Crippen molar-refractivity contribution in [3.8, 4) is 11.1 Å². The smallest absolute Gasteiger partial charge is 0.342 e. The minimum Gasteiger partial charge on any atom is -0.432 e. The maximum Gasteiger partial charge on any atom is 0.342 e. The molecule has 0 bridgehead atoms. The van der Waals surface area contributed by atoms with Gasteiger partial charge in [0.25, 0.3) is 0 Å². The lowest BCUT2D eigenvalue weighted by atomic mass is 10.0. The predicted octanol–water partition coefficient (Wildman–Crippen LogP) is 3.95. The number of carbonyl (C=O) groups excluding carboxylic acids is 2. The zero-order valence-electron chi connectivity index (χ0n) is 11.8. The predicted molar refractivity (Wildman–Crippen MR) is 83.1 cm³/mol. The van der Waals surface area contributed by atoms with Crippen molar-refractivity contribution in [1.82, 2.24) is 0 Å². The van der Waals surface area contributed by atoms with E-state index in [0.29, 0.717) is 11.1 Å². The summed E-state index contributed by atoms with van der Waals surface area (Å²) < 4.78 is 9.50. The van der Waals surface area contributed by atoms with Crippen LogP contribution in [0.25, 0.3) is 11.1 Å². The lowest BCUT2D eigenvalue weighted by Crippen LogP contribution is -2.01. The number of benzene rings is 2. The van der Waals surface area contributed by atoms with Crippen LogP contribution < -0.4 is 0 Å². The van der Waals surface area contributed by atoms with Gasteiger partial charge in [0.15, 0.2) is 0 Å². The van der Waals surface area contributed by atoms with Crippen LogP contribution in [-0.2, 0) is 9.47 Å². The fourth-order valence-corrected chi connectivity index (χ4v) is 1.94. The van der Waals surface area contributed by atoms with Gasteiger partial charge in [-0.1, -0.05) is 37.4 Å². The highest BCUT2D eigenvalue weighted by Gasteiger charge is 2.10. The van der Waals surface area contributed by atoms with Gasteiger partial charge in [-0.05, 0) is 35.4 Å². The monoisotopic (exact) mass is 294 g/mol. The Labute approximate surface area is 128 Å². The van der Waals surface area contributed by atoms with Crippen LogP contribution in [0.15, 0.2) is 74.2 Å². The summed E-state index contributed by atoms with van der Waals surface area (Å²) in [6.45, 7) is 6.71. The van der Waals surface area contributed by atoms with E-state index in [4.69, 9.17) is 9.47 Å². The molecular weight excluding hydrogens is 280 g/mol. The molecule has 0 amide bonds. The Bertz CT molecular complexity index is 668. The molecule has 0 N–H and O–H groups in total. The first-order valence-corrected chi connectivity index (χ1v) is 6.50. The highest BCUT2D eigenvalue weighted by Crippen LogP contribution is 2.22. The summed E-state index contributed by atoms with van der Waals surface area (Å²) in [5.74, 6) is -0.974. The van der Waals surface area contributed by atoms with Gasteiger partial charge in [0.2, 0.25) is 0 Å². The largest absolute Gasteiger partial charge is 0.432 e. The van der Waals surface area contributed by atoms with Gasteiger partial charge >= 0.3 is 11.9 Å². The normalized spacial score (nSPS) is 9.64. The van der Waals surface area contributed by atoms with Gasteiger partial charge in [0, 0.05) is 0 Å². The highest BCUT2D eigenvalue weighted by molar-refractivity contribution is 5.93. The molecule has 110 valence electrons. The molecule has 0 aliphatic carbocycles. The van der Waals surface area contributed by atoms with Gasteiger partial charge in [0.05, 0.1) is 23.7 Å². The van der Waals surface area contributed by atoms with E-state index >= 15 is 0 Å². The van der Waals surface area contributed by atoms with Gasteiger partial charge in [-0.25, -0.2) is 9.59 Å². The van der Waals surface area contributed by atoms with Crippen molar-refractivity contribution in [2.24, 2.45) is 0 Å². The van der Waals surface area contributed by atoms with E-state index in [9.17, 15) is 9.59 Å². The summed E-state index contributed by atoms with van der Waals surface area (Å²) in [6, 6.07) is 13.8. The molecule has 0 heterocycles. The first kappa shape index (κ1) is 15.3. The summed E-state index contributed by atoms with van der Waals surface area (Å²) in [7, 11) is 0. The van der Waals surface area contributed by atoms with E-state index in [1.54, 1.807) is 36.4 Å². The molecule has 0 aromatic heterocycles. The van der Waals surface area contributed by atoms with Gasteiger partial charge in [-0.15, -0.1) is 0 Å². The van der Waals surface area contributed by atoms with Crippen LogP contribution in [0.4, 0.5) is 0 Å². The molecule has 0 radical (unpaired) electrons. The number of esters is 2. The van der Waals surface area contributed by atoms with Crippen LogP contribution in [-0.4, -0.2) is 11.9 Å². The Balaban J connectivity index is 2.36. The molecule has 4 nitrogen and oxygen atoms in total.